The Morgan fingerprint density at radius 3 is 2.33 bits per heavy atom. The predicted octanol–water partition coefficient (Wildman–Crippen LogP) is 1.15. The molecule has 8 heteroatoms. The number of nitrogens with zero attached hydrogens (tertiary/aromatic N) is 3. The normalized spacial score (nSPS) is 29.1. The fraction of sp³-hybridized carbons (Fsp3) is 0.545. The van der Waals surface area contributed by atoms with Gasteiger partial charge < -0.3 is 4.90 Å². The Morgan fingerprint density at radius 2 is 1.70 bits per heavy atom. The Balaban J connectivity index is 1.39. The van der Waals surface area contributed by atoms with Crippen molar-refractivity contribution in [2.45, 2.75) is 63.7 Å². The number of imide groups is 2. The molecule has 1 aromatic rings. The van der Waals surface area contributed by atoms with Crippen LogP contribution in [0.4, 0.5) is 5.69 Å². The summed E-state index contributed by atoms with van der Waals surface area (Å²) in [5, 5.41) is 2.23. The molecule has 0 radical (unpaired) electrons. The summed E-state index contributed by atoms with van der Waals surface area (Å²) >= 11 is 0. The van der Waals surface area contributed by atoms with Crippen molar-refractivity contribution in [1.82, 2.24) is 15.1 Å². The first kappa shape index (κ1) is 19.2. The molecule has 0 unspecified atom stereocenters. The molecule has 5 rings (SSSR count). The van der Waals surface area contributed by atoms with Crippen molar-refractivity contribution in [3.63, 3.8) is 0 Å². The van der Waals surface area contributed by atoms with E-state index in [1.54, 1.807) is 12.1 Å². The number of piperidine rings is 1. The first-order valence-electron chi connectivity index (χ1n) is 10.5. The highest BCUT2D eigenvalue weighted by Crippen LogP contribution is 2.39. The number of rotatable bonds is 2. The number of hydrogen-bond acceptors (Lipinski definition) is 6. The summed E-state index contributed by atoms with van der Waals surface area (Å²) in [6, 6.07) is 5.35. The van der Waals surface area contributed by atoms with Gasteiger partial charge in [0.1, 0.15) is 6.04 Å². The van der Waals surface area contributed by atoms with Crippen LogP contribution in [0.15, 0.2) is 18.2 Å². The lowest BCUT2D eigenvalue weighted by Gasteiger charge is -2.42. The summed E-state index contributed by atoms with van der Waals surface area (Å²) in [6.45, 7) is 8.60. The second-order valence-electron chi connectivity index (χ2n) is 9.70. The van der Waals surface area contributed by atoms with Crippen molar-refractivity contribution in [3.8, 4) is 0 Å². The van der Waals surface area contributed by atoms with Crippen LogP contribution < -0.4 is 10.2 Å². The number of carbonyl (C=O) groups excluding carboxylic acids is 4. The average molecular weight is 410 g/mol. The number of nitrogens with one attached hydrogen (secondary N) is 1. The second-order valence-corrected chi connectivity index (χ2v) is 9.70. The maximum absolute atomic E-state index is 13.1. The zero-order valence-electron chi connectivity index (χ0n) is 17.5. The number of amides is 4. The third-order valence-electron chi connectivity index (χ3n) is 6.86. The molecule has 0 aliphatic carbocycles. The molecule has 3 saturated heterocycles. The van der Waals surface area contributed by atoms with E-state index in [-0.39, 0.29) is 24.3 Å². The Hall–Kier alpha value is -2.74. The fourth-order valence-electron chi connectivity index (χ4n) is 5.44. The summed E-state index contributed by atoms with van der Waals surface area (Å²) in [6.07, 6.45) is 1.39. The maximum Gasteiger partial charge on any atom is 0.262 e. The van der Waals surface area contributed by atoms with E-state index in [0.717, 1.165) is 30.1 Å². The Bertz CT molecular complexity index is 982. The van der Waals surface area contributed by atoms with Gasteiger partial charge in [-0.25, -0.2) is 0 Å². The standard InChI is InChI=1S/C22H26N4O4/c1-22(2,3)25-11-13-8-14(25)10-24(13)12-4-5-15-16(9-12)21(30)26(20(15)29)17-6-7-18(27)23-19(17)28/h4-5,9,13-14,17H,6-8,10-11H2,1-3H3,(H,23,27,28)/t13-,14-,17-/m0/s1. The van der Waals surface area contributed by atoms with E-state index in [1.165, 1.54) is 0 Å². The van der Waals surface area contributed by atoms with E-state index in [4.69, 9.17) is 0 Å². The molecule has 1 aromatic carbocycles. The average Bonchev–Trinajstić information content (AvgIpc) is 3.35. The highest BCUT2D eigenvalue weighted by atomic mass is 16.2. The lowest BCUT2D eigenvalue weighted by atomic mass is 10.0. The van der Waals surface area contributed by atoms with Gasteiger partial charge in [-0.2, -0.15) is 0 Å². The van der Waals surface area contributed by atoms with Crippen molar-refractivity contribution >= 4 is 29.3 Å². The molecule has 0 saturated carbocycles. The molecule has 4 aliphatic heterocycles. The molecular formula is C22H26N4O4. The van der Waals surface area contributed by atoms with Crippen LogP contribution in [0.5, 0.6) is 0 Å². The Labute approximate surface area is 175 Å². The predicted molar refractivity (Wildman–Crippen MR) is 109 cm³/mol. The van der Waals surface area contributed by atoms with Gasteiger partial charge in [-0.05, 0) is 51.8 Å². The number of anilines is 1. The Kier molecular flexibility index (Phi) is 4.09. The number of hydrogen-bond donors (Lipinski definition) is 1. The van der Waals surface area contributed by atoms with Crippen LogP contribution in [-0.4, -0.2) is 70.2 Å². The van der Waals surface area contributed by atoms with E-state index < -0.39 is 23.8 Å². The summed E-state index contributed by atoms with van der Waals surface area (Å²) in [4.78, 5) is 55.5. The zero-order chi connectivity index (χ0) is 21.4. The van der Waals surface area contributed by atoms with Crippen LogP contribution in [0.1, 0.15) is 60.7 Å². The van der Waals surface area contributed by atoms with Crippen molar-refractivity contribution < 1.29 is 19.2 Å². The molecule has 0 spiro atoms. The molecule has 0 aromatic heterocycles. The van der Waals surface area contributed by atoms with Gasteiger partial charge in [0.2, 0.25) is 11.8 Å². The minimum atomic E-state index is -0.929. The van der Waals surface area contributed by atoms with Gasteiger partial charge in [-0.1, -0.05) is 0 Å². The first-order valence-corrected chi connectivity index (χ1v) is 10.5. The van der Waals surface area contributed by atoms with Crippen LogP contribution in [0.25, 0.3) is 0 Å². The molecule has 30 heavy (non-hydrogen) atoms. The van der Waals surface area contributed by atoms with Gasteiger partial charge >= 0.3 is 0 Å². The van der Waals surface area contributed by atoms with E-state index in [2.05, 4.69) is 35.9 Å². The van der Waals surface area contributed by atoms with Gasteiger partial charge in [-0.3, -0.25) is 34.3 Å². The number of piperazine rings is 1. The maximum atomic E-state index is 13.1. The molecule has 8 nitrogen and oxygen atoms in total. The van der Waals surface area contributed by atoms with Gasteiger partial charge in [0.05, 0.1) is 11.1 Å². The highest BCUT2D eigenvalue weighted by molar-refractivity contribution is 6.23. The quantitative estimate of drug-likeness (QED) is 0.736. The molecule has 1 N–H and O–H groups in total. The van der Waals surface area contributed by atoms with Crippen molar-refractivity contribution in [2.24, 2.45) is 0 Å². The fourth-order valence-corrected chi connectivity index (χ4v) is 5.44. The summed E-state index contributed by atoms with van der Waals surface area (Å²) in [5.41, 5.74) is 1.75. The van der Waals surface area contributed by atoms with Crippen LogP contribution >= 0.6 is 0 Å². The molecule has 4 heterocycles. The molecule has 3 atom stereocenters. The summed E-state index contributed by atoms with van der Waals surface area (Å²) in [7, 11) is 0. The van der Waals surface area contributed by atoms with Gasteiger partial charge in [-0.15, -0.1) is 0 Å². The van der Waals surface area contributed by atoms with Crippen LogP contribution in [0.2, 0.25) is 0 Å². The number of fused-ring (bicyclic) bond motifs is 3. The smallest absolute Gasteiger partial charge is 0.262 e. The topological polar surface area (TPSA) is 90.0 Å². The number of carbonyl (C=O) groups is 4. The molecular weight excluding hydrogens is 384 g/mol. The van der Waals surface area contributed by atoms with Crippen LogP contribution in [-0.2, 0) is 9.59 Å². The third kappa shape index (κ3) is 2.77. The molecule has 158 valence electrons. The van der Waals surface area contributed by atoms with E-state index in [9.17, 15) is 19.2 Å². The molecule has 2 bridgehead atoms. The van der Waals surface area contributed by atoms with E-state index in [1.807, 2.05) is 6.07 Å². The molecule has 4 amide bonds. The lowest BCUT2D eigenvalue weighted by Crippen LogP contribution is -2.54. The zero-order valence-corrected chi connectivity index (χ0v) is 17.5. The van der Waals surface area contributed by atoms with Crippen molar-refractivity contribution in [3.05, 3.63) is 29.3 Å². The Morgan fingerprint density at radius 1 is 0.967 bits per heavy atom. The molecule has 3 fully saturated rings. The lowest BCUT2D eigenvalue weighted by molar-refractivity contribution is -0.136. The highest BCUT2D eigenvalue weighted by Gasteiger charge is 2.48. The molecule has 4 aliphatic rings. The minimum Gasteiger partial charge on any atom is -0.366 e. The third-order valence-corrected chi connectivity index (χ3v) is 6.86. The second kappa shape index (κ2) is 6.38. The summed E-state index contributed by atoms with van der Waals surface area (Å²) < 4.78 is 0. The van der Waals surface area contributed by atoms with Gasteiger partial charge in [0.25, 0.3) is 11.8 Å². The first-order chi connectivity index (χ1) is 14.1. The van der Waals surface area contributed by atoms with E-state index in [0.29, 0.717) is 23.2 Å². The van der Waals surface area contributed by atoms with Gasteiger partial charge in [0.15, 0.2) is 0 Å². The largest absolute Gasteiger partial charge is 0.366 e. The monoisotopic (exact) mass is 410 g/mol. The van der Waals surface area contributed by atoms with Crippen LogP contribution in [0.3, 0.4) is 0 Å². The van der Waals surface area contributed by atoms with E-state index >= 15 is 0 Å². The van der Waals surface area contributed by atoms with Crippen molar-refractivity contribution in [1.29, 1.82) is 0 Å². The van der Waals surface area contributed by atoms with Crippen molar-refractivity contribution in [2.75, 3.05) is 18.0 Å². The number of benzene rings is 1. The summed E-state index contributed by atoms with van der Waals surface area (Å²) in [5.74, 6) is -1.87. The minimum absolute atomic E-state index is 0.121. The SMILES string of the molecule is CC(C)(C)N1C[C@@H]2C[C@H]1CN2c1ccc2c(c1)C(=O)N([C@H]1CCC(=O)NC1=O)C2=O. The van der Waals surface area contributed by atoms with Crippen LogP contribution in [0, 0.1) is 0 Å². The number of likely N-dealkylation sites (tertiary alicyclic amines) is 1. The van der Waals surface area contributed by atoms with Gasteiger partial charge in [0, 0.05) is 42.8 Å².